The molecule has 3 aromatic rings. The number of nitriles is 1. The molecule has 1 atom stereocenters. The van der Waals surface area contributed by atoms with Gasteiger partial charge in [0, 0.05) is 5.56 Å². The first-order valence-electron chi connectivity index (χ1n) is 10.9. The molecular formula is C24H25F3N4O3S. The molecule has 1 heterocycles. The van der Waals surface area contributed by atoms with E-state index in [0.29, 0.717) is 42.2 Å². The van der Waals surface area contributed by atoms with Crippen LogP contribution in [0.2, 0.25) is 0 Å². The molecule has 11 heteroatoms. The van der Waals surface area contributed by atoms with Crippen LogP contribution in [0.5, 0.6) is 11.5 Å². The van der Waals surface area contributed by atoms with Crippen molar-refractivity contribution >= 4 is 11.3 Å². The van der Waals surface area contributed by atoms with E-state index < -0.39 is 17.3 Å². The molecule has 0 bridgehead atoms. The van der Waals surface area contributed by atoms with Gasteiger partial charge in [-0.2, -0.15) is 18.4 Å². The second-order valence-corrected chi connectivity index (χ2v) is 9.04. The zero-order chi connectivity index (χ0) is 25.5. The molecule has 0 aliphatic rings. The molecule has 0 aliphatic heterocycles. The van der Waals surface area contributed by atoms with Gasteiger partial charge in [0.25, 0.3) is 0 Å². The highest BCUT2D eigenvalue weighted by molar-refractivity contribution is 7.14. The van der Waals surface area contributed by atoms with Crippen molar-refractivity contribution in [3.63, 3.8) is 0 Å². The highest BCUT2D eigenvalue weighted by Gasteiger charge is 2.35. The number of hydrogen-bond donors (Lipinski definition) is 2. The monoisotopic (exact) mass is 506 g/mol. The molecule has 1 aromatic heterocycles. The lowest BCUT2D eigenvalue weighted by Gasteiger charge is -2.17. The second kappa shape index (κ2) is 11.5. The van der Waals surface area contributed by atoms with Crippen LogP contribution in [0, 0.1) is 11.3 Å². The molecule has 7 nitrogen and oxygen atoms in total. The van der Waals surface area contributed by atoms with Gasteiger partial charge in [0.1, 0.15) is 27.6 Å². The Hall–Kier alpha value is -3.20. The van der Waals surface area contributed by atoms with Gasteiger partial charge in [-0.3, -0.25) is 0 Å². The molecule has 0 fully saturated rings. The van der Waals surface area contributed by atoms with E-state index in [9.17, 15) is 18.3 Å². The second-order valence-electron chi connectivity index (χ2n) is 8.06. The number of ether oxygens (including phenoxy) is 2. The molecule has 0 spiro atoms. The molecule has 1 unspecified atom stereocenters. The molecule has 3 rings (SSSR count). The van der Waals surface area contributed by atoms with E-state index in [0.717, 1.165) is 17.4 Å². The van der Waals surface area contributed by atoms with Gasteiger partial charge >= 0.3 is 6.18 Å². The number of nitrogens with zero attached hydrogens (tertiary/aromatic N) is 3. The van der Waals surface area contributed by atoms with E-state index in [1.165, 1.54) is 12.1 Å². The average Bonchev–Trinajstić information content (AvgIpc) is 3.34. The van der Waals surface area contributed by atoms with Crippen LogP contribution >= 0.6 is 11.3 Å². The van der Waals surface area contributed by atoms with E-state index in [1.54, 1.807) is 31.2 Å². The SMILES string of the molecule is CC(N)(CO)c1nnc(-c2ccc(OCCCCCOc3ccccc3C#N)c(C(F)(F)F)c2)s1. The Morgan fingerprint density at radius 3 is 2.37 bits per heavy atom. The fourth-order valence-corrected chi connectivity index (χ4v) is 3.97. The number of alkyl halides is 3. The zero-order valence-corrected chi connectivity index (χ0v) is 19.8. The third-order valence-electron chi connectivity index (χ3n) is 5.09. The molecule has 0 amide bonds. The van der Waals surface area contributed by atoms with Gasteiger partial charge in [0.2, 0.25) is 0 Å². The van der Waals surface area contributed by atoms with Crippen molar-refractivity contribution in [3.8, 4) is 28.1 Å². The Bertz CT molecular complexity index is 1180. The lowest BCUT2D eigenvalue weighted by atomic mass is 10.1. The first-order chi connectivity index (χ1) is 16.7. The molecule has 2 aromatic carbocycles. The van der Waals surface area contributed by atoms with Crippen molar-refractivity contribution in [2.45, 2.75) is 37.9 Å². The number of aliphatic hydroxyl groups excluding tert-OH is 1. The molecule has 0 radical (unpaired) electrons. The van der Waals surface area contributed by atoms with Crippen LogP contribution in [0.15, 0.2) is 42.5 Å². The summed E-state index contributed by atoms with van der Waals surface area (Å²) < 4.78 is 52.1. The molecule has 0 saturated carbocycles. The minimum Gasteiger partial charge on any atom is -0.493 e. The molecule has 0 saturated heterocycles. The average molecular weight is 507 g/mol. The molecule has 35 heavy (non-hydrogen) atoms. The number of para-hydroxylation sites is 1. The summed E-state index contributed by atoms with van der Waals surface area (Å²) in [4.78, 5) is 0. The van der Waals surface area contributed by atoms with Crippen LogP contribution < -0.4 is 15.2 Å². The number of aliphatic hydroxyl groups is 1. The quantitative estimate of drug-likeness (QED) is 0.356. The number of halogens is 3. The van der Waals surface area contributed by atoms with Crippen molar-refractivity contribution in [1.29, 1.82) is 5.26 Å². The number of hydrogen-bond acceptors (Lipinski definition) is 8. The van der Waals surface area contributed by atoms with Crippen molar-refractivity contribution < 1.29 is 27.8 Å². The Morgan fingerprint density at radius 1 is 1.03 bits per heavy atom. The summed E-state index contributed by atoms with van der Waals surface area (Å²) in [7, 11) is 0. The number of unbranched alkanes of at least 4 members (excludes halogenated alkanes) is 2. The summed E-state index contributed by atoms with van der Waals surface area (Å²) >= 11 is 1.03. The number of aromatic nitrogens is 2. The van der Waals surface area contributed by atoms with Crippen molar-refractivity contribution in [1.82, 2.24) is 10.2 Å². The van der Waals surface area contributed by atoms with Crippen molar-refractivity contribution in [2.75, 3.05) is 19.8 Å². The Kier molecular flexibility index (Phi) is 8.67. The summed E-state index contributed by atoms with van der Waals surface area (Å²) in [6.45, 7) is 1.69. The normalized spacial score (nSPS) is 13.2. The van der Waals surface area contributed by atoms with Crippen molar-refractivity contribution in [2.24, 2.45) is 5.73 Å². The van der Waals surface area contributed by atoms with Crippen molar-refractivity contribution in [3.05, 3.63) is 58.6 Å². The minimum absolute atomic E-state index is 0.113. The zero-order valence-electron chi connectivity index (χ0n) is 19.0. The number of benzene rings is 2. The van der Waals surface area contributed by atoms with E-state index in [4.69, 9.17) is 20.5 Å². The third kappa shape index (κ3) is 6.91. The van der Waals surface area contributed by atoms with Gasteiger partial charge in [0.15, 0.2) is 0 Å². The van der Waals surface area contributed by atoms with Gasteiger partial charge < -0.3 is 20.3 Å². The first-order valence-corrected chi connectivity index (χ1v) is 11.7. The fraction of sp³-hybridized carbons (Fsp3) is 0.375. The van der Waals surface area contributed by atoms with Crippen LogP contribution in [-0.4, -0.2) is 35.1 Å². The summed E-state index contributed by atoms with van der Waals surface area (Å²) in [5.74, 6) is 0.250. The van der Waals surface area contributed by atoms with Gasteiger partial charge in [0.05, 0.1) is 36.5 Å². The van der Waals surface area contributed by atoms with Crippen LogP contribution in [0.25, 0.3) is 10.6 Å². The Morgan fingerprint density at radius 2 is 1.71 bits per heavy atom. The minimum atomic E-state index is -4.62. The van der Waals surface area contributed by atoms with E-state index >= 15 is 0 Å². The summed E-state index contributed by atoms with van der Waals surface area (Å²) in [5, 5.41) is 26.9. The summed E-state index contributed by atoms with van der Waals surface area (Å²) in [5.41, 5.74) is 4.59. The van der Waals surface area contributed by atoms with E-state index in [2.05, 4.69) is 16.3 Å². The largest absolute Gasteiger partial charge is 0.493 e. The standard InChI is InChI=1S/C24H25F3N4O3S/c1-23(29,15-32)22-31-30-21(35-22)16-9-10-20(18(13-16)24(25,26)27)34-12-6-2-5-11-33-19-8-4-3-7-17(19)14-28/h3-4,7-10,13,32H,2,5-6,11-12,15,29H2,1H3. The van der Waals surface area contributed by atoms with Crippen LogP contribution in [0.3, 0.4) is 0 Å². The smallest absolute Gasteiger partial charge is 0.419 e. The van der Waals surface area contributed by atoms with Gasteiger partial charge in [-0.25, -0.2) is 0 Å². The van der Waals surface area contributed by atoms with E-state index in [1.807, 2.05) is 0 Å². The van der Waals surface area contributed by atoms with Crippen LogP contribution in [0.1, 0.15) is 42.3 Å². The van der Waals surface area contributed by atoms with Gasteiger partial charge in [-0.15, -0.1) is 10.2 Å². The molecule has 0 aliphatic carbocycles. The number of rotatable bonds is 11. The lowest BCUT2D eigenvalue weighted by molar-refractivity contribution is -0.138. The molecule has 186 valence electrons. The summed E-state index contributed by atoms with van der Waals surface area (Å²) in [6, 6.07) is 12.7. The van der Waals surface area contributed by atoms with Crippen LogP contribution in [-0.2, 0) is 11.7 Å². The highest BCUT2D eigenvalue weighted by atomic mass is 32.1. The van der Waals surface area contributed by atoms with E-state index in [-0.39, 0.29) is 29.5 Å². The topological polar surface area (TPSA) is 114 Å². The first kappa shape index (κ1) is 26.4. The third-order valence-corrected chi connectivity index (χ3v) is 6.34. The number of nitrogens with two attached hydrogens (primary N) is 1. The predicted molar refractivity (Wildman–Crippen MR) is 125 cm³/mol. The summed E-state index contributed by atoms with van der Waals surface area (Å²) in [6.07, 6.45) is -2.72. The van der Waals surface area contributed by atoms with Gasteiger partial charge in [-0.1, -0.05) is 23.5 Å². The van der Waals surface area contributed by atoms with Crippen LogP contribution in [0.4, 0.5) is 13.2 Å². The predicted octanol–water partition coefficient (Wildman–Crippen LogP) is 4.89. The highest BCUT2D eigenvalue weighted by Crippen LogP contribution is 2.40. The Balaban J connectivity index is 1.56. The lowest BCUT2D eigenvalue weighted by Crippen LogP contribution is -2.36. The maximum atomic E-state index is 13.7. The maximum absolute atomic E-state index is 13.7. The van der Waals surface area contributed by atoms with Gasteiger partial charge in [-0.05, 0) is 56.5 Å². The fourth-order valence-electron chi connectivity index (χ4n) is 3.08. The maximum Gasteiger partial charge on any atom is 0.419 e. The molecular weight excluding hydrogens is 481 g/mol. The molecule has 3 N–H and O–H groups in total. The Labute approximate surface area is 204 Å².